The minimum absolute atomic E-state index is 0.100. The Kier molecular flexibility index (Phi) is 3.74. The lowest BCUT2D eigenvalue weighted by atomic mass is 9.75. The molecule has 1 aliphatic carbocycles. The van der Waals surface area contributed by atoms with E-state index in [0.717, 1.165) is 43.6 Å². The van der Waals surface area contributed by atoms with Crippen LogP contribution in [0.3, 0.4) is 0 Å². The van der Waals surface area contributed by atoms with Crippen LogP contribution in [0.1, 0.15) is 50.0 Å². The molecule has 2 aliphatic rings. The number of carbonyl (C=O) groups excluding carboxylic acids is 2. The van der Waals surface area contributed by atoms with Gasteiger partial charge >= 0.3 is 5.97 Å². The van der Waals surface area contributed by atoms with E-state index >= 15 is 0 Å². The molecule has 1 aliphatic heterocycles. The van der Waals surface area contributed by atoms with Crippen molar-refractivity contribution in [3.63, 3.8) is 0 Å². The Balaban J connectivity index is 1.66. The highest BCUT2D eigenvalue weighted by Gasteiger charge is 2.52. The van der Waals surface area contributed by atoms with Crippen molar-refractivity contribution in [1.29, 1.82) is 0 Å². The Bertz CT molecular complexity index is 542. The average Bonchev–Trinajstić information content (AvgIpc) is 3.01. The monoisotopic (exact) mass is 291 g/mol. The van der Waals surface area contributed by atoms with Crippen molar-refractivity contribution in [2.45, 2.75) is 57.6 Å². The average molecular weight is 291 g/mol. The van der Waals surface area contributed by atoms with Gasteiger partial charge in [-0.25, -0.2) is 0 Å². The van der Waals surface area contributed by atoms with Gasteiger partial charge in [0.1, 0.15) is 17.1 Å². The van der Waals surface area contributed by atoms with Crippen LogP contribution in [0.25, 0.3) is 0 Å². The SMILES string of the molecule is Cc1ccc(CNC(=O)C2CC(=O)OC23CCCCC3)o1. The predicted molar refractivity (Wildman–Crippen MR) is 75.3 cm³/mol. The van der Waals surface area contributed by atoms with Crippen LogP contribution in [0, 0.1) is 12.8 Å². The number of rotatable bonds is 3. The first-order valence-corrected chi connectivity index (χ1v) is 7.64. The fraction of sp³-hybridized carbons (Fsp3) is 0.625. The number of carbonyl (C=O) groups is 2. The summed E-state index contributed by atoms with van der Waals surface area (Å²) in [6, 6.07) is 3.72. The summed E-state index contributed by atoms with van der Waals surface area (Å²) in [7, 11) is 0. The predicted octanol–water partition coefficient (Wildman–Crippen LogP) is 2.47. The van der Waals surface area contributed by atoms with Crippen molar-refractivity contribution < 1.29 is 18.7 Å². The van der Waals surface area contributed by atoms with Crippen molar-refractivity contribution in [3.05, 3.63) is 23.7 Å². The molecule has 1 saturated carbocycles. The maximum absolute atomic E-state index is 12.5. The summed E-state index contributed by atoms with van der Waals surface area (Å²) < 4.78 is 11.0. The number of ether oxygens (including phenoxy) is 1. The molecule has 1 atom stereocenters. The maximum Gasteiger partial charge on any atom is 0.307 e. The first-order valence-electron chi connectivity index (χ1n) is 7.64. The highest BCUT2D eigenvalue weighted by molar-refractivity contribution is 5.87. The molecule has 1 aromatic rings. The summed E-state index contributed by atoms with van der Waals surface area (Å²) >= 11 is 0. The molecule has 0 radical (unpaired) electrons. The highest BCUT2D eigenvalue weighted by Crippen LogP contribution is 2.44. The van der Waals surface area contributed by atoms with Gasteiger partial charge in [-0.15, -0.1) is 0 Å². The number of hydrogen-bond acceptors (Lipinski definition) is 4. The van der Waals surface area contributed by atoms with E-state index in [9.17, 15) is 9.59 Å². The quantitative estimate of drug-likeness (QED) is 0.869. The summed E-state index contributed by atoms with van der Waals surface area (Å²) in [5.41, 5.74) is -0.557. The minimum atomic E-state index is -0.557. The van der Waals surface area contributed by atoms with E-state index in [2.05, 4.69) is 5.32 Å². The summed E-state index contributed by atoms with van der Waals surface area (Å²) in [4.78, 5) is 24.1. The van der Waals surface area contributed by atoms with Crippen LogP contribution < -0.4 is 5.32 Å². The van der Waals surface area contributed by atoms with Crippen molar-refractivity contribution in [3.8, 4) is 0 Å². The van der Waals surface area contributed by atoms with Crippen LogP contribution in [0.2, 0.25) is 0 Å². The van der Waals surface area contributed by atoms with Gasteiger partial charge in [-0.2, -0.15) is 0 Å². The van der Waals surface area contributed by atoms with Gasteiger partial charge in [-0.05, 0) is 44.7 Å². The molecule has 0 bridgehead atoms. The normalized spacial score (nSPS) is 24.0. The molecule has 1 unspecified atom stereocenters. The molecule has 1 saturated heterocycles. The maximum atomic E-state index is 12.5. The van der Waals surface area contributed by atoms with Crippen molar-refractivity contribution >= 4 is 11.9 Å². The molecule has 1 amide bonds. The Hall–Kier alpha value is -1.78. The zero-order valence-electron chi connectivity index (χ0n) is 12.3. The zero-order valence-corrected chi connectivity index (χ0v) is 12.3. The van der Waals surface area contributed by atoms with Gasteiger partial charge in [0.25, 0.3) is 0 Å². The second-order valence-electron chi connectivity index (χ2n) is 6.09. The van der Waals surface area contributed by atoms with Crippen molar-refractivity contribution in [1.82, 2.24) is 5.32 Å². The van der Waals surface area contributed by atoms with Crippen LogP contribution in [-0.2, 0) is 20.9 Å². The van der Waals surface area contributed by atoms with Gasteiger partial charge in [-0.1, -0.05) is 6.42 Å². The number of nitrogens with one attached hydrogen (secondary N) is 1. The molecule has 3 rings (SSSR count). The van der Waals surface area contributed by atoms with Gasteiger partial charge in [0.2, 0.25) is 5.91 Å². The summed E-state index contributed by atoms with van der Waals surface area (Å²) in [5, 5.41) is 2.88. The van der Waals surface area contributed by atoms with E-state index in [0.29, 0.717) is 6.54 Å². The third kappa shape index (κ3) is 2.82. The van der Waals surface area contributed by atoms with E-state index < -0.39 is 5.60 Å². The molecular formula is C16H21NO4. The largest absolute Gasteiger partial charge is 0.465 e. The van der Waals surface area contributed by atoms with Gasteiger partial charge in [0, 0.05) is 0 Å². The molecule has 1 spiro atoms. The number of amides is 1. The van der Waals surface area contributed by atoms with E-state index in [1.54, 1.807) is 0 Å². The number of aryl methyl sites for hydroxylation is 1. The smallest absolute Gasteiger partial charge is 0.307 e. The Morgan fingerprint density at radius 2 is 2.10 bits per heavy atom. The Morgan fingerprint density at radius 3 is 2.76 bits per heavy atom. The standard InChI is InChI=1S/C16H21NO4/c1-11-5-6-12(20-11)10-17-15(19)13-9-14(18)21-16(13)7-3-2-4-8-16/h5-6,13H,2-4,7-10H2,1H3,(H,17,19). The van der Waals surface area contributed by atoms with Gasteiger partial charge in [0.15, 0.2) is 0 Å². The first kappa shape index (κ1) is 14.2. The lowest BCUT2D eigenvalue weighted by Gasteiger charge is -2.35. The Morgan fingerprint density at radius 1 is 1.33 bits per heavy atom. The van der Waals surface area contributed by atoms with Gasteiger partial charge in [0.05, 0.1) is 18.9 Å². The van der Waals surface area contributed by atoms with Gasteiger partial charge in [-0.3, -0.25) is 9.59 Å². The molecule has 5 heteroatoms. The molecule has 2 heterocycles. The lowest BCUT2D eigenvalue weighted by Crippen LogP contribution is -2.45. The molecule has 2 fully saturated rings. The number of esters is 1. The van der Waals surface area contributed by atoms with E-state index in [1.165, 1.54) is 0 Å². The third-order valence-corrected chi connectivity index (χ3v) is 4.57. The van der Waals surface area contributed by atoms with Crippen molar-refractivity contribution in [2.24, 2.45) is 5.92 Å². The highest BCUT2D eigenvalue weighted by atomic mass is 16.6. The van der Waals surface area contributed by atoms with Crippen molar-refractivity contribution in [2.75, 3.05) is 0 Å². The third-order valence-electron chi connectivity index (χ3n) is 4.57. The lowest BCUT2D eigenvalue weighted by molar-refractivity contribution is -0.153. The topological polar surface area (TPSA) is 68.5 Å². The zero-order chi connectivity index (χ0) is 14.9. The molecule has 1 N–H and O–H groups in total. The number of hydrogen-bond donors (Lipinski definition) is 1. The van der Waals surface area contributed by atoms with E-state index in [4.69, 9.17) is 9.15 Å². The summed E-state index contributed by atoms with van der Waals surface area (Å²) in [6.07, 6.45) is 5.00. The van der Waals surface area contributed by atoms with Crippen LogP contribution in [0.15, 0.2) is 16.5 Å². The molecule has 114 valence electrons. The Labute approximate surface area is 124 Å². The molecule has 21 heavy (non-hydrogen) atoms. The fourth-order valence-corrected chi connectivity index (χ4v) is 3.50. The second kappa shape index (κ2) is 5.54. The first-order chi connectivity index (χ1) is 10.1. The van der Waals surface area contributed by atoms with Crippen LogP contribution in [0.5, 0.6) is 0 Å². The summed E-state index contributed by atoms with van der Waals surface area (Å²) in [5.74, 6) is 0.843. The van der Waals surface area contributed by atoms with E-state index in [1.807, 2.05) is 19.1 Å². The van der Waals surface area contributed by atoms with Crippen LogP contribution >= 0.6 is 0 Å². The molecule has 5 nitrogen and oxygen atoms in total. The summed E-state index contributed by atoms with van der Waals surface area (Å²) in [6.45, 7) is 2.22. The molecular weight excluding hydrogens is 270 g/mol. The van der Waals surface area contributed by atoms with Crippen LogP contribution in [-0.4, -0.2) is 17.5 Å². The molecule has 1 aromatic heterocycles. The molecule has 0 aromatic carbocycles. The minimum Gasteiger partial charge on any atom is -0.465 e. The second-order valence-corrected chi connectivity index (χ2v) is 6.09. The van der Waals surface area contributed by atoms with Crippen LogP contribution in [0.4, 0.5) is 0 Å². The van der Waals surface area contributed by atoms with E-state index in [-0.39, 0.29) is 24.2 Å². The fourth-order valence-electron chi connectivity index (χ4n) is 3.50. The number of furan rings is 1. The van der Waals surface area contributed by atoms with Gasteiger partial charge < -0.3 is 14.5 Å².